The van der Waals surface area contributed by atoms with Crippen LogP contribution in [0.5, 0.6) is 5.75 Å². The molecule has 0 aliphatic heterocycles. The number of hydrogen-bond donors (Lipinski definition) is 2. The number of carbonyl (C=O) groups is 1. The van der Waals surface area contributed by atoms with Crippen LogP contribution in [0.4, 0.5) is 5.69 Å². The molecule has 20 heavy (non-hydrogen) atoms. The van der Waals surface area contributed by atoms with E-state index in [2.05, 4.69) is 5.32 Å². The number of nitrogens with two attached hydrogens (primary N) is 1. The Morgan fingerprint density at radius 2 is 1.95 bits per heavy atom. The van der Waals surface area contributed by atoms with Crippen LogP contribution < -0.4 is 15.2 Å². The van der Waals surface area contributed by atoms with Crippen LogP contribution in [0, 0.1) is 0 Å². The van der Waals surface area contributed by atoms with Crippen molar-refractivity contribution >= 4 is 33.0 Å². The second-order valence-electron chi connectivity index (χ2n) is 3.88. The second kappa shape index (κ2) is 5.61. The van der Waals surface area contributed by atoms with E-state index in [4.69, 9.17) is 9.88 Å². The number of ether oxygens (including phenoxy) is 1. The predicted octanol–water partition coefficient (Wildman–Crippen LogP) is 1.66. The first kappa shape index (κ1) is 14.5. The van der Waals surface area contributed by atoms with Crippen molar-refractivity contribution in [2.24, 2.45) is 5.14 Å². The fourth-order valence-electron chi connectivity index (χ4n) is 1.46. The molecule has 6 nitrogen and oxygen atoms in total. The van der Waals surface area contributed by atoms with Gasteiger partial charge in [-0.25, -0.2) is 13.6 Å². The molecule has 3 N–H and O–H groups in total. The van der Waals surface area contributed by atoms with E-state index in [1.165, 1.54) is 11.4 Å². The SMILES string of the molecule is COc1ccc(NC(=O)c2csc(S(N)(=O)=O)c2)cc1. The van der Waals surface area contributed by atoms with Crippen LogP contribution in [0.15, 0.2) is 39.9 Å². The number of methoxy groups -OCH3 is 1. The normalized spacial score (nSPS) is 11.1. The minimum atomic E-state index is -3.78. The number of rotatable bonds is 4. The maximum atomic E-state index is 11.9. The molecule has 1 heterocycles. The number of primary sulfonamides is 1. The lowest BCUT2D eigenvalue weighted by Gasteiger charge is -2.04. The maximum absolute atomic E-state index is 11.9. The van der Waals surface area contributed by atoms with E-state index >= 15 is 0 Å². The van der Waals surface area contributed by atoms with Gasteiger partial charge in [-0.3, -0.25) is 4.79 Å². The fourth-order valence-corrected chi connectivity index (χ4v) is 3.05. The van der Waals surface area contributed by atoms with Crippen molar-refractivity contribution in [2.45, 2.75) is 4.21 Å². The minimum Gasteiger partial charge on any atom is -0.497 e. The van der Waals surface area contributed by atoms with Crippen molar-refractivity contribution in [3.8, 4) is 5.75 Å². The van der Waals surface area contributed by atoms with Gasteiger partial charge in [-0.2, -0.15) is 0 Å². The summed E-state index contributed by atoms with van der Waals surface area (Å²) in [5, 5.41) is 9.09. The number of thiophene rings is 1. The van der Waals surface area contributed by atoms with E-state index < -0.39 is 15.9 Å². The van der Waals surface area contributed by atoms with Crippen LogP contribution in [0.1, 0.15) is 10.4 Å². The van der Waals surface area contributed by atoms with Gasteiger partial charge >= 0.3 is 0 Å². The summed E-state index contributed by atoms with van der Waals surface area (Å²) in [6, 6.07) is 8.03. The molecule has 1 amide bonds. The zero-order valence-corrected chi connectivity index (χ0v) is 12.1. The number of sulfonamides is 1. The average Bonchev–Trinajstić information content (AvgIpc) is 2.89. The standard InChI is InChI=1S/C12H12N2O4S2/c1-18-10-4-2-9(3-5-10)14-12(15)8-6-11(19-7-8)20(13,16)17/h2-7H,1H3,(H,14,15)(H2,13,16,17). The number of benzene rings is 1. The highest BCUT2D eigenvalue weighted by atomic mass is 32.2. The Labute approximate surface area is 120 Å². The predicted molar refractivity (Wildman–Crippen MR) is 76.6 cm³/mol. The molecule has 0 aliphatic carbocycles. The van der Waals surface area contributed by atoms with E-state index in [0.29, 0.717) is 11.4 Å². The van der Waals surface area contributed by atoms with E-state index in [-0.39, 0.29) is 9.77 Å². The smallest absolute Gasteiger partial charge is 0.256 e. The first-order valence-electron chi connectivity index (χ1n) is 5.47. The minimum absolute atomic E-state index is 0.0441. The summed E-state index contributed by atoms with van der Waals surface area (Å²) in [7, 11) is -2.23. The van der Waals surface area contributed by atoms with Crippen molar-refractivity contribution < 1.29 is 17.9 Å². The Balaban J connectivity index is 2.13. The summed E-state index contributed by atoms with van der Waals surface area (Å²) in [5.41, 5.74) is 0.828. The highest BCUT2D eigenvalue weighted by Crippen LogP contribution is 2.21. The number of carbonyl (C=O) groups excluding carboxylic acids is 1. The molecule has 0 radical (unpaired) electrons. The van der Waals surface area contributed by atoms with Crippen LogP contribution in [-0.2, 0) is 10.0 Å². The molecule has 2 rings (SSSR count). The van der Waals surface area contributed by atoms with Crippen LogP contribution in [0.25, 0.3) is 0 Å². The third kappa shape index (κ3) is 3.35. The molecule has 106 valence electrons. The number of hydrogen-bond acceptors (Lipinski definition) is 5. The van der Waals surface area contributed by atoms with E-state index in [1.54, 1.807) is 31.4 Å². The summed E-state index contributed by atoms with van der Waals surface area (Å²) < 4.78 is 27.2. The molecule has 0 fully saturated rings. The lowest BCUT2D eigenvalue weighted by atomic mass is 10.2. The number of anilines is 1. The van der Waals surface area contributed by atoms with Gasteiger partial charge in [0.1, 0.15) is 9.96 Å². The molecule has 0 unspecified atom stereocenters. The molecule has 0 spiro atoms. The highest BCUT2D eigenvalue weighted by molar-refractivity contribution is 7.91. The van der Waals surface area contributed by atoms with Crippen molar-refractivity contribution in [1.82, 2.24) is 0 Å². The molecule has 8 heteroatoms. The molecule has 1 aromatic carbocycles. The molecule has 2 aromatic rings. The molecule has 0 saturated heterocycles. The van der Waals surface area contributed by atoms with Gasteiger partial charge in [-0.15, -0.1) is 11.3 Å². The van der Waals surface area contributed by atoms with Gasteiger partial charge in [0.15, 0.2) is 0 Å². The van der Waals surface area contributed by atoms with Gasteiger partial charge in [-0.1, -0.05) is 0 Å². The molecular weight excluding hydrogens is 300 g/mol. The van der Waals surface area contributed by atoms with Gasteiger partial charge in [0.25, 0.3) is 5.91 Å². The van der Waals surface area contributed by atoms with E-state index in [1.807, 2.05) is 0 Å². The van der Waals surface area contributed by atoms with Gasteiger partial charge in [0.05, 0.1) is 12.7 Å². The summed E-state index contributed by atoms with van der Waals surface area (Å²) in [4.78, 5) is 11.9. The van der Waals surface area contributed by atoms with Gasteiger partial charge in [0.2, 0.25) is 10.0 Å². The molecular formula is C12H12N2O4S2. The third-order valence-electron chi connectivity index (χ3n) is 2.47. The zero-order valence-electron chi connectivity index (χ0n) is 10.5. The second-order valence-corrected chi connectivity index (χ2v) is 6.58. The summed E-state index contributed by atoms with van der Waals surface area (Å²) >= 11 is 0.908. The van der Waals surface area contributed by atoms with E-state index in [9.17, 15) is 13.2 Å². The Hall–Kier alpha value is -1.90. The van der Waals surface area contributed by atoms with Crippen molar-refractivity contribution in [3.63, 3.8) is 0 Å². The first-order chi connectivity index (χ1) is 9.40. The number of nitrogens with one attached hydrogen (secondary N) is 1. The van der Waals surface area contributed by atoms with Crippen LogP contribution in [-0.4, -0.2) is 21.4 Å². The van der Waals surface area contributed by atoms with Gasteiger partial charge < -0.3 is 10.1 Å². The zero-order chi connectivity index (χ0) is 14.8. The van der Waals surface area contributed by atoms with Crippen molar-refractivity contribution in [1.29, 1.82) is 0 Å². The topological polar surface area (TPSA) is 98.5 Å². The maximum Gasteiger partial charge on any atom is 0.256 e. The monoisotopic (exact) mass is 312 g/mol. The van der Waals surface area contributed by atoms with Crippen LogP contribution in [0.2, 0.25) is 0 Å². The number of amides is 1. The van der Waals surface area contributed by atoms with Crippen molar-refractivity contribution in [2.75, 3.05) is 12.4 Å². The van der Waals surface area contributed by atoms with Crippen LogP contribution in [0.3, 0.4) is 0 Å². The lowest BCUT2D eigenvalue weighted by molar-refractivity contribution is 0.102. The van der Waals surface area contributed by atoms with Gasteiger partial charge in [-0.05, 0) is 30.3 Å². The average molecular weight is 312 g/mol. The van der Waals surface area contributed by atoms with E-state index in [0.717, 1.165) is 11.3 Å². The van der Waals surface area contributed by atoms with Crippen LogP contribution >= 0.6 is 11.3 Å². The molecule has 0 aliphatic rings. The Morgan fingerprint density at radius 1 is 1.30 bits per heavy atom. The highest BCUT2D eigenvalue weighted by Gasteiger charge is 2.15. The summed E-state index contributed by atoms with van der Waals surface area (Å²) in [5.74, 6) is 0.274. The Kier molecular flexibility index (Phi) is 4.07. The fraction of sp³-hybridized carbons (Fsp3) is 0.0833. The molecule has 0 saturated carbocycles. The summed E-state index contributed by atoms with van der Waals surface area (Å²) in [6.45, 7) is 0. The Morgan fingerprint density at radius 3 is 2.45 bits per heavy atom. The largest absolute Gasteiger partial charge is 0.497 e. The third-order valence-corrected chi connectivity index (χ3v) is 4.85. The quantitative estimate of drug-likeness (QED) is 0.897. The van der Waals surface area contributed by atoms with Gasteiger partial charge in [0, 0.05) is 11.1 Å². The van der Waals surface area contributed by atoms with Crippen molar-refractivity contribution in [3.05, 3.63) is 41.3 Å². The lowest BCUT2D eigenvalue weighted by Crippen LogP contribution is -2.12. The molecule has 0 atom stereocenters. The summed E-state index contributed by atoms with van der Waals surface area (Å²) in [6.07, 6.45) is 0. The molecule has 0 bridgehead atoms. The first-order valence-corrected chi connectivity index (χ1v) is 7.89. The molecule has 1 aromatic heterocycles. The Bertz CT molecular complexity index is 720.